The quantitative estimate of drug-likeness (QED) is 0.487. The third-order valence-corrected chi connectivity index (χ3v) is 7.42. The molecule has 3 heterocycles. The lowest BCUT2D eigenvalue weighted by Gasteiger charge is -2.47. The Hall–Kier alpha value is -2.89. The predicted molar refractivity (Wildman–Crippen MR) is 138 cm³/mol. The van der Waals surface area contributed by atoms with Gasteiger partial charge in [-0.05, 0) is 45.3 Å². The maximum Gasteiger partial charge on any atom is 0.273 e. The van der Waals surface area contributed by atoms with Crippen LogP contribution in [0.2, 0.25) is 0 Å². The molecule has 0 spiro atoms. The lowest BCUT2D eigenvalue weighted by molar-refractivity contribution is 0.0607. The van der Waals surface area contributed by atoms with Crippen molar-refractivity contribution in [3.05, 3.63) is 46.8 Å². The van der Waals surface area contributed by atoms with E-state index >= 15 is 0 Å². The molecule has 0 unspecified atom stereocenters. The first-order chi connectivity index (χ1) is 17.8. The number of aliphatic hydroxyl groups excluding tert-OH is 1. The molecule has 2 fully saturated rings. The predicted octanol–water partition coefficient (Wildman–Crippen LogP) is 1.93. The number of likely N-dealkylation sites (tertiary alicyclic amines) is 1. The van der Waals surface area contributed by atoms with Gasteiger partial charge in [-0.2, -0.15) is 0 Å². The summed E-state index contributed by atoms with van der Waals surface area (Å²) in [4.78, 5) is 28.3. The third kappa shape index (κ3) is 6.34. The number of hydrogen-bond acceptors (Lipinski definition) is 8. The van der Waals surface area contributed by atoms with Crippen LogP contribution in [-0.4, -0.2) is 88.7 Å². The van der Waals surface area contributed by atoms with Crippen molar-refractivity contribution < 1.29 is 18.7 Å². The molecule has 0 aliphatic carbocycles. The standard InChI is InChI=1S/C26H37F2N7O2/c1-3-20-16-34(25-17(2)31-23(24(29)32-25)26(37)30-8-13-36)11-12-35(20)21-6-9-33(10-7-21)15-18-4-5-19(27)14-22(18)28/h4-5,14,20-21,36H,3,6-13,15-16H2,1-2H3,(H2,29,32)(H,30,37)/t20-/m0/s1. The molecule has 0 bridgehead atoms. The third-order valence-electron chi connectivity index (χ3n) is 7.42. The molecular weight excluding hydrogens is 480 g/mol. The number of nitrogen functional groups attached to an aromatic ring is 1. The Balaban J connectivity index is 1.36. The van der Waals surface area contributed by atoms with Crippen molar-refractivity contribution in [1.82, 2.24) is 25.1 Å². The molecule has 4 N–H and O–H groups in total. The van der Waals surface area contributed by atoms with Gasteiger partial charge in [0.15, 0.2) is 17.3 Å². The zero-order chi connectivity index (χ0) is 26.5. The zero-order valence-electron chi connectivity index (χ0n) is 21.6. The number of carbonyl (C=O) groups is 1. The van der Waals surface area contributed by atoms with Crippen LogP contribution in [0.1, 0.15) is 47.9 Å². The van der Waals surface area contributed by atoms with E-state index in [1.807, 2.05) is 6.92 Å². The smallest absolute Gasteiger partial charge is 0.273 e. The van der Waals surface area contributed by atoms with Crippen LogP contribution in [0.5, 0.6) is 0 Å². The van der Waals surface area contributed by atoms with Crippen LogP contribution >= 0.6 is 0 Å². The molecule has 1 aromatic heterocycles. The van der Waals surface area contributed by atoms with Gasteiger partial charge in [0.2, 0.25) is 0 Å². The summed E-state index contributed by atoms with van der Waals surface area (Å²) in [6.07, 6.45) is 2.99. The number of hydrogen-bond donors (Lipinski definition) is 3. The maximum atomic E-state index is 14.1. The average Bonchev–Trinajstić information content (AvgIpc) is 2.90. The minimum absolute atomic E-state index is 0.0765. The van der Waals surface area contributed by atoms with Crippen LogP contribution in [0.4, 0.5) is 20.4 Å². The number of aromatic nitrogens is 2. The van der Waals surface area contributed by atoms with E-state index < -0.39 is 17.5 Å². The summed E-state index contributed by atoms with van der Waals surface area (Å²) in [7, 11) is 0. The van der Waals surface area contributed by atoms with Gasteiger partial charge in [0.05, 0.1) is 12.3 Å². The molecule has 2 aliphatic rings. The molecule has 2 saturated heterocycles. The molecule has 2 aliphatic heterocycles. The van der Waals surface area contributed by atoms with Crippen LogP contribution < -0.4 is 16.0 Å². The van der Waals surface area contributed by atoms with Crippen LogP contribution in [0.15, 0.2) is 18.2 Å². The highest BCUT2D eigenvalue weighted by Crippen LogP contribution is 2.28. The number of rotatable bonds is 8. The number of halogens is 2. The van der Waals surface area contributed by atoms with Gasteiger partial charge in [-0.3, -0.25) is 14.6 Å². The Labute approximate surface area is 216 Å². The Kier molecular flexibility index (Phi) is 8.88. The molecular formula is C26H37F2N7O2. The first-order valence-electron chi connectivity index (χ1n) is 13.0. The molecule has 0 radical (unpaired) electrons. The van der Waals surface area contributed by atoms with Crippen molar-refractivity contribution in [2.75, 3.05) is 56.5 Å². The number of aliphatic hydroxyl groups is 1. The Morgan fingerprint density at radius 1 is 1.19 bits per heavy atom. The molecule has 202 valence electrons. The van der Waals surface area contributed by atoms with Crippen molar-refractivity contribution >= 4 is 17.5 Å². The fourth-order valence-corrected chi connectivity index (χ4v) is 5.45. The molecule has 4 rings (SSSR count). The molecule has 1 amide bonds. The molecule has 2 aromatic rings. The van der Waals surface area contributed by atoms with E-state index in [0.29, 0.717) is 35.7 Å². The van der Waals surface area contributed by atoms with Gasteiger partial charge in [-0.1, -0.05) is 13.0 Å². The van der Waals surface area contributed by atoms with Gasteiger partial charge in [0, 0.05) is 56.4 Å². The van der Waals surface area contributed by atoms with E-state index in [1.54, 1.807) is 0 Å². The summed E-state index contributed by atoms with van der Waals surface area (Å²) in [5, 5.41) is 11.5. The van der Waals surface area contributed by atoms with Crippen molar-refractivity contribution in [2.24, 2.45) is 0 Å². The van der Waals surface area contributed by atoms with Crippen molar-refractivity contribution in [2.45, 2.75) is 51.7 Å². The van der Waals surface area contributed by atoms with E-state index in [9.17, 15) is 13.6 Å². The molecule has 11 heteroatoms. The SMILES string of the molecule is CC[C@H]1CN(c2nc(N)c(C(=O)NCCO)nc2C)CCN1C1CCN(Cc2ccc(F)cc2F)CC1. The second-order valence-corrected chi connectivity index (χ2v) is 9.83. The number of aryl methyl sites for hydroxylation is 1. The topological polar surface area (TPSA) is 111 Å². The summed E-state index contributed by atoms with van der Waals surface area (Å²) < 4.78 is 27.3. The first-order valence-corrected chi connectivity index (χ1v) is 13.0. The van der Waals surface area contributed by atoms with Crippen LogP contribution in [0, 0.1) is 18.6 Å². The van der Waals surface area contributed by atoms with Gasteiger partial charge in [0.1, 0.15) is 11.6 Å². The van der Waals surface area contributed by atoms with Gasteiger partial charge in [-0.15, -0.1) is 0 Å². The minimum Gasteiger partial charge on any atom is -0.395 e. The second kappa shape index (κ2) is 12.1. The van der Waals surface area contributed by atoms with Crippen LogP contribution in [0.25, 0.3) is 0 Å². The Morgan fingerprint density at radius 3 is 2.62 bits per heavy atom. The second-order valence-electron chi connectivity index (χ2n) is 9.83. The minimum atomic E-state index is -0.548. The lowest BCUT2D eigenvalue weighted by Crippen LogP contribution is -2.58. The number of piperazine rings is 1. The lowest BCUT2D eigenvalue weighted by atomic mass is 9.97. The molecule has 9 nitrogen and oxygen atoms in total. The number of carbonyl (C=O) groups excluding carboxylic acids is 1. The summed E-state index contributed by atoms with van der Waals surface area (Å²) in [6, 6.07) is 4.60. The van der Waals surface area contributed by atoms with E-state index in [1.165, 1.54) is 12.1 Å². The van der Waals surface area contributed by atoms with Crippen LogP contribution in [-0.2, 0) is 6.54 Å². The van der Waals surface area contributed by atoms with E-state index in [2.05, 4.69) is 36.9 Å². The Morgan fingerprint density at radius 2 is 1.95 bits per heavy atom. The van der Waals surface area contributed by atoms with E-state index in [4.69, 9.17) is 10.8 Å². The zero-order valence-corrected chi connectivity index (χ0v) is 21.6. The van der Waals surface area contributed by atoms with Gasteiger partial charge in [-0.25, -0.2) is 18.7 Å². The van der Waals surface area contributed by atoms with Gasteiger partial charge < -0.3 is 21.1 Å². The van der Waals surface area contributed by atoms with Crippen molar-refractivity contribution in [3.63, 3.8) is 0 Å². The van der Waals surface area contributed by atoms with E-state index in [-0.39, 0.29) is 24.7 Å². The molecule has 0 saturated carbocycles. The summed E-state index contributed by atoms with van der Waals surface area (Å²) in [5.41, 5.74) is 7.34. The van der Waals surface area contributed by atoms with Gasteiger partial charge >= 0.3 is 0 Å². The highest BCUT2D eigenvalue weighted by Gasteiger charge is 2.34. The molecule has 1 atom stereocenters. The van der Waals surface area contributed by atoms with Crippen molar-refractivity contribution in [3.8, 4) is 0 Å². The maximum absolute atomic E-state index is 14.1. The highest BCUT2D eigenvalue weighted by atomic mass is 19.1. The van der Waals surface area contributed by atoms with Gasteiger partial charge in [0.25, 0.3) is 5.91 Å². The number of anilines is 2. The normalized spacial score (nSPS) is 19.8. The average molecular weight is 518 g/mol. The summed E-state index contributed by atoms with van der Waals surface area (Å²) >= 11 is 0. The summed E-state index contributed by atoms with van der Waals surface area (Å²) in [6.45, 7) is 8.69. The fraction of sp³-hybridized carbons (Fsp3) is 0.577. The number of nitrogens with two attached hydrogens (primary N) is 1. The molecule has 1 aromatic carbocycles. The number of nitrogens with zero attached hydrogens (tertiary/aromatic N) is 5. The number of nitrogens with one attached hydrogen (secondary N) is 1. The Bertz CT molecular complexity index is 1090. The monoisotopic (exact) mass is 517 g/mol. The largest absolute Gasteiger partial charge is 0.395 e. The summed E-state index contributed by atoms with van der Waals surface area (Å²) in [5.74, 6) is -0.699. The first kappa shape index (κ1) is 27.2. The van der Waals surface area contributed by atoms with E-state index in [0.717, 1.165) is 58.1 Å². The fourth-order valence-electron chi connectivity index (χ4n) is 5.45. The van der Waals surface area contributed by atoms with Crippen LogP contribution in [0.3, 0.4) is 0 Å². The number of piperidine rings is 1. The highest BCUT2D eigenvalue weighted by molar-refractivity contribution is 5.96. The van der Waals surface area contributed by atoms with Crippen molar-refractivity contribution in [1.29, 1.82) is 0 Å². The molecule has 37 heavy (non-hydrogen) atoms. The number of amides is 1. The number of benzene rings is 1.